The molecule has 8 nitrogen and oxygen atoms in total. The lowest BCUT2D eigenvalue weighted by Crippen LogP contribution is -2.45. The number of nitrogens with one attached hydrogen (secondary N) is 1. The minimum atomic E-state index is -0.183. The molecule has 174 valence electrons. The lowest BCUT2D eigenvalue weighted by Gasteiger charge is -2.32. The van der Waals surface area contributed by atoms with Gasteiger partial charge in [0.25, 0.3) is 5.91 Å². The highest BCUT2D eigenvalue weighted by Gasteiger charge is 2.24. The normalized spacial score (nSPS) is 17.6. The van der Waals surface area contributed by atoms with Crippen molar-refractivity contribution in [2.24, 2.45) is 5.92 Å². The van der Waals surface area contributed by atoms with Crippen LogP contribution in [0, 0.1) is 17.2 Å². The predicted octanol–water partition coefficient (Wildman–Crippen LogP) is 3.20. The average Bonchev–Trinajstić information content (AvgIpc) is 3.34. The number of amides is 1. The van der Waals surface area contributed by atoms with Crippen LogP contribution in [0.3, 0.4) is 0 Å². The lowest BCUT2D eigenvalue weighted by molar-refractivity contribution is 0.0946. The van der Waals surface area contributed by atoms with Gasteiger partial charge in [0.1, 0.15) is 6.07 Å². The van der Waals surface area contributed by atoms with Crippen LogP contribution >= 0.6 is 15.9 Å². The standard InChI is InChI=1S/C24H30BrN7O/c1-30-9-11-31(12-10-30)16-19-7-4-8-20(13-19)24(33)29-32(17-18-5-2-3-6-18)23-21(25)15-27-22(14-26)28-23/h4,7-8,13,15,18H,2-3,5-6,9-12,16-17H2,1H3,(H,29,33). The Hall–Kier alpha value is -2.54. The summed E-state index contributed by atoms with van der Waals surface area (Å²) in [5.74, 6) is 0.877. The van der Waals surface area contributed by atoms with Crippen molar-refractivity contribution in [2.75, 3.05) is 44.8 Å². The maximum Gasteiger partial charge on any atom is 0.269 e. The van der Waals surface area contributed by atoms with E-state index >= 15 is 0 Å². The van der Waals surface area contributed by atoms with E-state index in [4.69, 9.17) is 0 Å². The Morgan fingerprint density at radius 1 is 1.27 bits per heavy atom. The number of hydrogen-bond donors (Lipinski definition) is 1. The summed E-state index contributed by atoms with van der Waals surface area (Å²) >= 11 is 3.49. The third-order valence-electron chi connectivity index (χ3n) is 6.42. The number of nitriles is 1. The molecule has 0 radical (unpaired) electrons. The first-order valence-electron chi connectivity index (χ1n) is 11.5. The summed E-state index contributed by atoms with van der Waals surface area (Å²) in [5, 5.41) is 11.0. The first-order chi connectivity index (χ1) is 16.0. The summed E-state index contributed by atoms with van der Waals surface area (Å²) in [4.78, 5) is 26.4. The molecule has 2 aliphatic rings. The fourth-order valence-corrected chi connectivity index (χ4v) is 4.90. The van der Waals surface area contributed by atoms with Crippen LogP contribution in [0.15, 0.2) is 34.9 Å². The number of hydrogen-bond acceptors (Lipinski definition) is 7. The van der Waals surface area contributed by atoms with Crippen molar-refractivity contribution < 1.29 is 4.79 Å². The number of aromatic nitrogens is 2. The molecule has 1 aromatic heterocycles. The zero-order valence-corrected chi connectivity index (χ0v) is 20.6. The number of piperazine rings is 1. The highest BCUT2D eigenvalue weighted by atomic mass is 79.9. The van der Waals surface area contributed by atoms with Crippen molar-refractivity contribution in [1.29, 1.82) is 5.26 Å². The molecule has 2 aromatic rings. The fraction of sp³-hybridized carbons (Fsp3) is 0.500. The summed E-state index contributed by atoms with van der Waals surface area (Å²) in [7, 11) is 2.15. The van der Waals surface area contributed by atoms with E-state index in [1.165, 1.54) is 12.8 Å². The summed E-state index contributed by atoms with van der Waals surface area (Å²) < 4.78 is 0.642. The maximum atomic E-state index is 13.3. The number of halogens is 1. The third kappa shape index (κ3) is 6.28. The topological polar surface area (TPSA) is 88.4 Å². The SMILES string of the molecule is CN1CCN(Cc2cccc(C(=O)NN(CC3CCCC3)c3nc(C#N)ncc3Br)c2)CC1. The molecule has 1 saturated heterocycles. The third-order valence-corrected chi connectivity index (χ3v) is 6.98. The Balaban J connectivity index is 1.50. The lowest BCUT2D eigenvalue weighted by atomic mass is 10.1. The van der Waals surface area contributed by atoms with Crippen molar-refractivity contribution in [2.45, 2.75) is 32.2 Å². The number of anilines is 1. The first kappa shape index (κ1) is 23.6. The van der Waals surface area contributed by atoms with Gasteiger partial charge in [0.2, 0.25) is 5.82 Å². The van der Waals surface area contributed by atoms with Gasteiger partial charge in [0.05, 0.1) is 4.47 Å². The van der Waals surface area contributed by atoms with Crippen LogP contribution in [0.2, 0.25) is 0 Å². The summed E-state index contributed by atoms with van der Waals surface area (Å²) in [6, 6.07) is 9.81. The minimum Gasteiger partial charge on any atom is -0.304 e. The van der Waals surface area contributed by atoms with E-state index in [0.717, 1.165) is 51.1 Å². The van der Waals surface area contributed by atoms with Gasteiger partial charge < -0.3 is 4.90 Å². The molecule has 1 saturated carbocycles. The van der Waals surface area contributed by atoms with E-state index < -0.39 is 0 Å². The van der Waals surface area contributed by atoms with Gasteiger partial charge >= 0.3 is 0 Å². The molecular weight excluding hydrogens is 482 g/mol. The summed E-state index contributed by atoms with van der Waals surface area (Å²) in [6.45, 7) is 5.68. The average molecular weight is 512 g/mol. The molecule has 1 aromatic carbocycles. The summed E-state index contributed by atoms with van der Waals surface area (Å²) in [5.41, 5.74) is 4.79. The van der Waals surface area contributed by atoms with Gasteiger partial charge in [-0.2, -0.15) is 10.2 Å². The van der Waals surface area contributed by atoms with Gasteiger partial charge in [0, 0.05) is 51.0 Å². The van der Waals surface area contributed by atoms with E-state index in [0.29, 0.717) is 28.3 Å². The van der Waals surface area contributed by atoms with Crippen molar-refractivity contribution in [3.63, 3.8) is 0 Å². The number of carbonyl (C=O) groups excluding carboxylic acids is 1. The molecule has 0 unspecified atom stereocenters. The second-order valence-corrected chi connectivity index (χ2v) is 9.81. The van der Waals surface area contributed by atoms with Crippen LogP contribution in [-0.4, -0.2) is 65.4 Å². The molecule has 0 spiro atoms. The van der Waals surface area contributed by atoms with Gasteiger partial charge in [0.15, 0.2) is 5.82 Å². The quantitative estimate of drug-likeness (QED) is 0.570. The molecule has 2 heterocycles. The molecule has 0 bridgehead atoms. The van der Waals surface area contributed by atoms with E-state index in [-0.39, 0.29) is 11.7 Å². The second kappa shape index (κ2) is 11.1. The molecule has 2 fully saturated rings. The van der Waals surface area contributed by atoms with Crippen LogP contribution in [0.25, 0.3) is 0 Å². The van der Waals surface area contributed by atoms with Gasteiger partial charge in [-0.3, -0.25) is 20.1 Å². The maximum absolute atomic E-state index is 13.3. The number of carbonyl (C=O) groups is 1. The molecule has 1 aliphatic heterocycles. The summed E-state index contributed by atoms with van der Waals surface area (Å²) in [6.07, 6.45) is 6.22. The van der Waals surface area contributed by atoms with Crippen LogP contribution in [0.5, 0.6) is 0 Å². The zero-order chi connectivity index (χ0) is 23.2. The molecule has 1 amide bonds. The zero-order valence-electron chi connectivity index (χ0n) is 19.0. The van der Waals surface area contributed by atoms with Crippen molar-refractivity contribution in [1.82, 2.24) is 25.2 Å². The highest BCUT2D eigenvalue weighted by molar-refractivity contribution is 9.10. The molecule has 0 atom stereocenters. The predicted molar refractivity (Wildman–Crippen MR) is 130 cm³/mol. The van der Waals surface area contributed by atoms with Crippen molar-refractivity contribution in [3.8, 4) is 6.07 Å². The molecular formula is C24H30BrN7O. The molecule has 9 heteroatoms. The van der Waals surface area contributed by atoms with E-state index in [1.807, 2.05) is 24.3 Å². The molecule has 1 N–H and O–H groups in total. The Morgan fingerprint density at radius 3 is 2.76 bits per heavy atom. The van der Waals surface area contributed by atoms with Crippen LogP contribution in [-0.2, 0) is 6.54 Å². The first-order valence-corrected chi connectivity index (χ1v) is 12.3. The fourth-order valence-electron chi connectivity index (χ4n) is 4.50. The van der Waals surface area contributed by atoms with Gasteiger partial charge in [-0.1, -0.05) is 25.0 Å². The van der Waals surface area contributed by atoms with Crippen LogP contribution < -0.4 is 10.4 Å². The van der Waals surface area contributed by atoms with E-state index in [2.05, 4.69) is 54.2 Å². The van der Waals surface area contributed by atoms with Crippen molar-refractivity contribution >= 4 is 27.7 Å². The van der Waals surface area contributed by atoms with E-state index in [9.17, 15) is 10.1 Å². The largest absolute Gasteiger partial charge is 0.304 e. The van der Waals surface area contributed by atoms with Gasteiger partial charge in [-0.25, -0.2) is 4.98 Å². The Morgan fingerprint density at radius 2 is 2.03 bits per heavy atom. The highest BCUT2D eigenvalue weighted by Crippen LogP contribution is 2.29. The number of nitrogens with zero attached hydrogens (tertiary/aromatic N) is 6. The Labute approximate surface area is 203 Å². The van der Waals surface area contributed by atoms with Crippen molar-refractivity contribution in [3.05, 3.63) is 51.9 Å². The Kier molecular flexibility index (Phi) is 7.91. The number of benzene rings is 1. The second-order valence-electron chi connectivity index (χ2n) is 8.96. The van der Waals surface area contributed by atoms with E-state index in [1.54, 1.807) is 11.2 Å². The number of hydrazine groups is 1. The van der Waals surface area contributed by atoms with Gasteiger partial charge in [-0.05, 0) is 59.4 Å². The smallest absolute Gasteiger partial charge is 0.269 e. The van der Waals surface area contributed by atoms with Crippen LogP contribution in [0.1, 0.15) is 47.4 Å². The van der Waals surface area contributed by atoms with Gasteiger partial charge in [-0.15, -0.1) is 0 Å². The molecule has 33 heavy (non-hydrogen) atoms. The Bertz CT molecular complexity index is 1010. The minimum absolute atomic E-state index is 0.0769. The number of rotatable bonds is 7. The molecule has 1 aliphatic carbocycles. The monoisotopic (exact) mass is 511 g/mol. The van der Waals surface area contributed by atoms with Crippen LogP contribution in [0.4, 0.5) is 5.82 Å². The number of likely N-dealkylation sites (N-methyl/N-ethyl adjacent to an activating group) is 1. The molecule has 4 rings (SSSR count).